The molecule has 0 fully saturated rings. The molecule has 13 heteroatoms. The van der Waals surface area contributed by atoms with Gasteiger partial charge in [0.1, 0.15) is 8.95 Å². The van der Waals surface area contributed by atoms with Crippen LogP contribution < -0.4 is 10.9 Å². The Bertz CT molecular complexity index is 1440. The molecule has 0 saturated carbocycles. The van der Waals surface area contributed by atoms with Crippen molar-refractivity contribution >= 4 is 88.0 Å². The Morgan fingerprint density at radius 3 is 1.29 bits per heavy atom. The van der Waals surface area contributed by atoms with Gasteiger partial charge in [0.15, 0.2) is 0 Å². The van der Waals surface area contributed by atoms with Crippen molar-refractivity contribution in [2.75, 3.05) is 0 Å². The third-order valence-corrected chi connectivity index (χ3v) is 7.15. The summed E-state index contributed by atoms with van der Waals surface area (Å²) in [7, 11) is 0. The first kappa shape index (κ1) is 34.4. The zero-order valence-corrected chi connectivity index (χ0v) is 28.0. The van der Waals surface area contributed by atoms with Gasteiger partial charge in [-0.15, -0.1) is 0 Å². The van der Waals surface area contributed by atoms with Gasteiger partial charge in [-0.2, -0.15) is 10.2 Å². The quantitative estimate of drug-likeness (QED) is 0.0955. The van der Waals surface area contributed by atoms with Gasteiger partial charge in [-0.25, -0.2) is 10.9 Å². The first-order chi connectivity index (χ1) is 19.2. The number of rotatable bonds is 6. The SMILES string of the molecule is O=C(NN=Cc1cc(Br)cc(Br)c1[OH2+])c1ccccc1.O=C(NN=Cc1cc(Br)cc(Br)c1[OH2+])c1ccccc1.[Cu+2]. The number of halogens is 4. The molecule has 0 aliphatic rings. The van der Waals surface area contributed by atoms with E-state index in [1.807, 2.05) is 12.1 Å². The summed E-state index contributed by atoms with van der Waals surface area (Å²) in [6.07, 6.45) is 2.89. The molecule has 0 aliphatic carbocycles. The minimum Gasteiger partial charge on any atom is -0.592 e. The summed E-state index contributed by atoms with van der Waals surface area (Å²) < 4.78 is 2.97. The molecule has 0 atom stereocenters. The van der Waals surface area contributed by atoms with E-state index >= 15 is 0 Å². The zero-order valence-electron chi connectivity index (χ0n) is 20.8. The van der Waals surface area contributed by atoms with Crippen molar-refractivity contribution in [3.63, 3.8) is 0 Å². The van der Waals surface area contributed by atoms with Gasteiger partial charge in [-0.1, -0.05) is 68.3 Å². The van der Waals surface area contributed by atoms with E-state index in [4.69, 9.17) is 10.2 Å². The van der Waals surface area contributed by atoms with E-state index in [0.29, 0.717) is 42.7 Å². The summed E-state index contributed by atoms with van der Waals surface area (Å²) in [6, 6.07) is 24.7. The van der Waals surface area contributed by atoms with Gasteiger partial charge in [0.25, 0.3) is 23.3 Å². The van der Waals surface area contributed by atoms with Crippen molar-refractivity contribution in [3.05, 3.63) is 125 Å². The van der Waals surface area contributed by atoms with Crippen LogP contribution in [0.1, 0.15) is 31.8 Å². The van der Waals surface area contributed by atoms with Crippen LogP contribution in [0.5, 0.6) is 11.5 Å². The Hall–Kier alpha value is -2.80. The molecule has 8 nitrogen and oxygen atoms in total. The first-order valence-electron chi connectivity index (χ1n) is 11.3. The molecular formula is C28H22Br4CuN4O4+4. The van der Waals surface area contributed by atoms with Crippen LogP contribution in [0.15, 0.2) is 113 Å². The second-order valence-corrected chi connectivity index (χ2v) is 11.4. The van der Waals surface area contributed by atoms with Crippen LogP contribution in [0, 0.1) is 0 Å². The number of hydrogen-bond acceptors (Lipinski definition) is 4. The molecule has 6 N–H and O–H groups in total. The van der Waals surface area contributed by atoms with Gasteiger partial charge >= 0.3 is 17.1 Å². The van der Waals surface area contributed by atoms with Gasteiger partial charge in [0.05, 0.1) is 23.6 Å². The Labute approximate surface area is 280 Å². The van der Waals surface area contributed by atoms with E-state index in [1.54, 1.807) is 72.8 Å². The van der Waals surface area contributed by atoms with Crippen molar-refractivity contribution < 1.29 is 36.9 Å². The van der Waals surface area contributed by atoms with E-state index in [1.165, 1.54) is 12.4 Å². The Kier molecular flexibility index (Phi) is 14.5. The van der Waals surface area contributed by atoms with Crippen LogP contribution in [0.25, 0.3) is 0 Å². The van der Waals surface area contributed by atoms with Crippen LogP contribution in [-0.4, -0.2) is 34.5 Å². The monoisotopic (exact) mass is 857 g/mol. The molecule has 4 rings (SSSR count). The minimum absolute atomic E-state index is 0. The molecule has 2 amide bonds. The molecule has 4 aromatic rings. The predicted molar refractivity (Wildman–Crippen MR) is 173 cm³/mol. The Balaban J connectivity index is 0.000000280. The maximum Gasteiger partial charge on any atom is 2.00 e. The van der Waals surface area contributed by atoms with E-state index in [0.717, 1.165) is 8.95 Å². The van der Waals surface area contributed by atoms with Crippen LogP contribution in [0.2, 0.25) is 0 Å². The normalized spacial score (nSPS) is 10.4. The molecule has 0 saturated heterocycles. The van der Waals surface area contributed by atoms with Crippen molar-refractivity contribution in [3.8, 4) is 11.5 Å². The second-order valence-electron chi connectivity index (χ2n) is 7.83. The van der Waals surface area contributed by atoms with E-state index in [-0.39, 0.29) is 28.9 Å². The molecule has 213 valence electrons. The molecular weight excluding hydrogens is 839 g/mol. The molecule has 0 aliphatic heterocycles. The van der Waals surface area contributed by atoms with Gasteiger partial charge < -0.3 is 10.2 Å². The molecule has 0 unspecified atom stereocenters. The number of carbonyl (C=O) groups excluding carboxylic acids is 2. The molecule has 4 aromatic carbocycles. The molecule has 0 spiro atoms. The molecule has 41 heavy (non-hydrogen) atoms. The van der Waals surface area contributed by atoms with E-state index < -0.39 is 0 Å². The van der Waals surface area contributed by atoms with Crippen molar-refractivity contribution in [1.29, 1.82) is 0 Å². The topological polar surface area (TPSA) is 129 Å². The summed E-state index contributed by atoms with van der Waals surface area (Å²) in [5.41, 5.74) is 7.12. The first-order valence-corrected chi connectivity index (χ1v) is 14.5. The van der Waals surface area contributed by atoms with E-state index in [2.05, 4.69) is 84.8 Å². The third-order valence-electron chi connectivity index (χ3n) is 4.98. The zero-order chi connectivity index (χ0) is 29.1. The summed E-state index contributed by atoms with van der Waals surface area (Å²) in [6.45, 7) is 0. The summed E-state index contributed by atoms with van der Waals surface area (Å²) in [5.74, 6) is 0.0432. The maximum absolute atomic E-state index is 11.8. The summed E-state index contributed by atoms with van der Waals surface area (Å²) >= 11 is 13.3. The smallest absolute Gasteiger partial charge is 0.592 e. The predicted octanol–water partition coefficient (Wildman–Crippen LogP) is 6.82. The molecule has 0 bridgehead atoms. The van der Waals surface area contributed by atoms with Gasteiger partial charge in [0.2, 0.25) is 0 Å². The number of carbonyl (C=O) groups is 2. The van der Waals surface area contributed by atoms with Crippen LogP contribution in [0.4, 0.5) is 0 Å². The fraction of sp³-hybridized carbons (Fsp3) is 0. The number of amides is 2. The second kappa shape index (κ2) is 17.2. The average Bonchev–Trinajstić information content (AvgIpc) is 2.95. The van der Waals surface area contributed by atoms with Crippen molar-refractivity contribution in [2.45, 2.75) is 0 Å². The van der Waals surface area contributed by atoms with Gasteiger partial charge in [-0.05, 0) is 80.4 Å². The summed E-state index contributed by atoms with van der Waals surface area (Å²) in [5, 5.41) is 23.5. The molecule has 1 radical (unpaired) electrons. The third kappa shape index (κ3) is 10.8. The maximum atomic E-state index is 11.8. The standard InChI is InChI=1S/2C14H10Br2N2O2.Cu/c2*15-11-6-10(13(19)12(16)7-11)8-17-18-14(20)9-4-2-1-3-5-9;/h2*1-8,19H,(H,18,20);/q;;+2/p+2. The fourth-order valence-electron chi connectivity index (χ4n) is 3.02. The number of hydrazone groups is 2. The molecule has 0 aromatic heterocycles. The Morgan fingerprint density at radius 2 is 0.951 bits per heavy atom. The summed E-state index contributed by atoms with van der Waals surface area (Å²) in [4.78, 5) is 23.5. The number of nitrogens with one attached hydrogen (secondary N) is 2. The number of nitrogens with zero attached hydrogens (tertiary/aromatic N) is 2. The Morgan fingerprint density at radius 1 is 0.610 bits per heavy atom. The van der Waals surface area contributed by atoms with Gasteiger partial charge in [0, 0.05) is 20.1 Å². The van der Waals surface area contributed by atoms with Crippen LogP contribution >= 0.6 is 63.7 Å². The van der Waals surface area contributed by atoms with Crippen LogP contribution in [-0.2, 0) is 17.1 Å². The van der Waals surface area contributed by atoms with Crippen molar-refractivity contribution in [2.24, 2.45) is 10.2 Å². The number of benzene rings is 4. The number of hydrogen-bond donors (Lipinski definition) is 2. The fourth-order valence-corrected chi connectivity index (χ4v) is 5.54. The van der Waals surface area contributed by atoms with E-state index in [9.17, 15) is 9.59 Å². The van der Waals surface area contributed by atoms with Gasteiger partial charge in [-0.3, -0.25) is 9.59 Å². The minimum atomic E-state index is -0.289. The van der Waals surface area contributed by atoms with Crippen molar-refractivity contribution in [1.82, 2.24) is 10.9 Å². The average molecular weight is 862 g/mol. The largest absolute Gasteiger partial charge is 2.00 e. The van der Waals surface area contributed by atoms with Crippen LogP contribution in [0.3, 0.4) is 0 Å². The molecule has 0 heterocycles.